The largest absolute Gasteiger partial charge is 0.481 e. The lowest BCUT2D eigenvalue weighted by atomic mass is 9.69. The van der Waals surface area contributed by atoms with Crippen LogP contribution in [0.4, 0.5) is 4.39 Å². The fraction of sp³-hybridized carbons (Fsp3) is 0.227. The van der Waals surface area contributed by atoms with Gasteiger partial charge in [0.15, 0.2) is 0 Å². The lowest BCUT2D eigenvalue weighted by molar-refractivity contribution is -0.147. The van der Waals surface area contributed by atoms with Gasteiger partial charge in [0.1, 0.15) is 21.3 Å². The van der Waals surface area contributed by atoms with Crippen LogP contribution in [0.5, 0.6) is 0 Å². The number of nitrogens with zero attached hydrogens (tertiary/aromatic N) is 4. The molecule has 8 nitrogen and oxygen atoms in total. The summed E-state index contributed by atoms with van der Waals surface area (Å²) in [6, 6.07) is 8.58. The molecule has 1 aliphatic carbocycles. The van der Waals surface area contributed by atoms with Crippen LogP contribution in [0.25, 0.3) is 11.8 Å². The molecular weight excluding hydrogens is 471 g/mol. The monoisotopic (exact) mass is 488 g/mol. The van der Waals surface area contributed by atoms with Gasteiger partial charge in [-0.2, -0.15) is 9.40 Å². The molecule has 5 rings (SSSR count). The van der Waals surface area contributed by atoms with Crippen LogP contribution in [0.3, 0.4) is 0 Å². The molecule has 1 atom stereocenters. The second-order valence-electron chi connectivity index (χ2n) is 8.08. The molecule has 0 amide bonds. The number of hydrogen-bond acceptors (Lipinski definition) is 5. The number of piperidine rings is 1. The number of hydrogen-bond donors (Lipinski definition) is 1. The Morgan fingerprint density at radius 1 is 1.15 bits per heavy atom. The molecule has 33 heavy (non-hydrogen) atoms. The van der Waals surface area contributed by atoms with Crippen molar-refractivity contribution in [2.24, 2.45) is 5.41 Å². The minimum absolute atomic E-state index is 0.0412. The predicted molar refractivity (Wildman–Crippen MR) is 118 cm³/mol. The summed E-state index contributed by atoms with van der Waals surface area (Å²) < 4.78 is 42.5. The molecule has 0 bridgehead atoms. The highest BCUT2D eigenvalue weighted by atomic mass is 35.5. The van der Waals surface area contributed by atoms with Crippen molar-refractivity contribution in [2.45, 2.75) is 17.7 Å². The molecule has 0 radical (unpaired) electrons. The molecule has 170 valence electrons. The minimum atomic E-state index is -3.95. The summed E-state index contributed by atoms with van der Waals surface area (Å²) in [4.78, 5) is 16.3. The van der Waals surface area contributed by atoms with Crippen molar-refractivity contribution in [1.29, 1.82) is 0 Å². The second kappa shape index (κ2) is 7.75. The molecule has 1 fully saturated rings. The number of halogens is 2. The molecule has 1 unspecified atom stereocenters. The summed E-state index contributed by atoms with van der Waals surface area (Å²) in [6.45, 7) is -0.0772. The average Bonchev–Trinajstić information content (AvgIpc) is 3.20. The SMILES string of the molecule is O=C(O)C12Cc3cnn(-c4ccc(F)cc4)c3C=C1CCN(S(=O)(=O)c1ccc(Cl)nc1)C2. The third-order valence-electron chi connectivity index (χ3n) is 6.20. The van der Waals surface area contributed by atoms with Gasteiger partial charge < -0.3 is 5.11 Å². The standard InChI is InChI=1S/C22H18ClFN4O4S/c23-20-6-5-18(12-25-20)33(31,32)27-8-7-15-9-19-14(10-22(15,13-27)21(29)30)11-26-28(19)17-3-1-16(24)2-4-17/h1-6,9,11-12H,7-8,10,13H2,(H,29,30). The van der Waals surface area contributed by atoms with Gasteiger partial charge in [0, 0.05) is 19.3 Å². The van der Waals surface area contributed by atoms with E-state index in [1.807, 2.05) is 0 Å². The van der Waals surface area contributed by atoms with E-state index >= 15 is 0 Å². The van der Waals surface area contributed by atoms with Gasteiger partial charge in [-0.05, 0) is 66.5 Å². The van der Waals surface area contributed by atoms with Crippen molar-refractivity contribution in [3.05, 3.63) is 76.6 Å². The highest BCUT2D eigenvalue weighted by molar-refractivity contribution is 7.89. The van der Waals surface area contributed by atoms with Crippen LogP contribution in [0, 0.1) is 11.2 Å². The molecule has 3 heterocycles. The summed E-state index contributed by atoms with van der Waals surface area (Å²) in [5, 5.41) is 14.8. The van der Waals surface area contributed by atoms with Gasteiger partial charge >= 0.3 is 5.97 Å². The first kappa shape index (κ1) is 21.7. The first-order chi connectivity index (χ1) is 15.7. The first-order valence-electron chi connectivity index (χ1n) is 10.1. The maximum Gasteiger partial charge on any atom is 0.315 e. The van der Waals surface area contributed by atoms with E-state index < -0.39 is 21.4 Å². The fourth-order valence-electron chi connectivity index (χ4n) is 4.46. The Morgan fingerprint density at radius 2 is 1.91 bits per heavy atom. The van der Waals surface area contributed by atoms with Gasteiger partial charge in [0.25, 0.3) is 0 Å². The Kier molecular flexibility index (Phi) is 5.11. The summed E-state index contributed by atoms with van der Waals surface area (Å²) >= 11 is 5.77. The van der Waals surface area contributed by atoms with Crippen molar-refractivity contribution in [3.63, 3.8) is 0 Å². The van der Waals surface area contributed by atoms with Crippen molar-refractivity contribution < 1.29 is 22.7 Å². The third-order valence-corrected chi connectivity index (χ3v) is 8.25. The quantitative estimate of drug-likeness (QED) is 0.565. The fourth-order valence-corrected chi connectivity index (χ4v) is 6.01. The van der Waals surface area contributed by atoms with Crippen molar-refractivity contribution in [1.82, 2.24) is 19.1 Å². The Balaban J connectivity index is 1.52. The van der Waals surface area contributed by atoms with E-state index in [0.29, 0.717) is 22.5 Å². The molecule has 3 aromatic rings. The van der Waals surface area contributed by atoms with Gasteiger partial charge in [-0.15, -0.1) is 0 Å². The minimum Gasteiger partial charge on any atom is -0.481 e. The van der Waals surface area contributed by atoms with Gasteiger partial charge in [0.2, 0.25) is 10.0 Å². The molecule has 1 N–H and O–H groups in total. The smallest absolute Gasteiger partial charge is 0.315 e. The first-order valence-corrected chi connectivity index (χ1v) is 11.9. The van der Waals surface area contributed by atoms with Crippen molar-refractivity contribution >= 4 is 33.7 Å². The Labute approximate surface area is 194 Å². The Hall–Kier alpha value is -3.08. The zero-order valence-electron chi connectivity index (χ0n) is 17.1. The molecule has 1 aromatic carbocycles. The third kappa shape index (κ3) is 3.54. The van der Waals surface area contributed by atoms with E-state index in [1.165, 1.54) is 34.8 Å². The zero-order chi connectivity index (χ0) is 23.4. The zero-order valence-corrected chi connectivity index (χ0v) is 18.7. The molecule has 2 aromatic heterocycles. The van der Waals surface area contributed by atoms with E-state index in [2.05, 4.69) is 10.1 Å². The van der Waals surface area contributed by atoms with Crippen LogP contribution in [0.2, 0.25) is 5.15 Å². The molecule has 0 spiro atoms. The van der Waals surface area contributed by atoms with E-state index in [-0.39, 0.29) is 41.8 Å². The highest BCUT2D eigenvalue weighted by Gasteiger charge is 2.51. The number of carboxylic acids is 1. The molecule has 1 aliphatic heterocycles. The number of rotatable bonds is 4. The summed E-state index contributed by atoms with van der Waals surface area (Å²) in [5.74, 6) is -1.46. The molecule has 0 saturated carbocycles. The molecule has 1 saturated heterocycles. The average molecular weight is 489 g/mol. The van der Waals surface area contributed by atoms with Crippen LogP contribution in [-0.4, -0.2) is 51.7 Å². The van der Waals surface area contributed by atoms with Crippen LogP contribution in [-0.2, 0) is 21.2 Å². The number of pyridine rings is 1. The van der Waals surface area contributed by atoms with Crippen molar-refractivity contribution in [2.75, 3.05) is 13.1 Å². The summed E-state index contributed by atoms with van der Waals surface area (Å²) in [6.07, 6.45) is 4.86. The Morgan fingerprint density at radius 3 is 2.58 bits per heavy atom. The number of carbonyl (C=O) groups is 1. The maximum absolute atomic E-state index is 13.3. The number of aliphatic carboxylic acids is 1. The number of fused-ring (bicyclic) bond motifs is 2. The van der Waals surface area contributed by atoms with Crippen LogP contribution >= 0.6 is 11.6 Å². The van der Waals surface area contributed by atoms with Gasteiger partial charge in [-0.1, -0.05) is 11.6 Å². The number of benzene rings is 1. The second-order valence-corrected chi connectivity index (χ2v) is 10.4. The van der Waals surface area contributed by atoms with Crippen LogP contribution in [0.1, 0.15) is 17.7 Å². The molecule has 11 heteroatoms. The van der Waals surface area contributed by atoms with Gasteiger partial charge in [0.05, 0.1) is 17.6 Å². The topological polar surface area (TPSA) is 105 Å². The van der Waals surface area contributed by atoms with Gasteiger partial charge in [-0.3, -0.25) is 4.79 Å². The summed E-state index contributed by atoms with van der Waals surface area (Å²) in [7, 11) is -3.95. The highest BCUT2D eigenvalue weighted by Crippen LogP contribution is 2.45. The van der Waals surface area contributed by atoms with Crippen LogP contribution < -0.4 is 0 Å². The summed E-state index contributed by atoms with van der Waals surface area (Å²) in [5.41, 5.74) is 1.26. The van der Waals surface area contributed by atoms with Crippen LogP contribution in [0.15, 0.2) is 59.3 Å². The normalized spacial score (nSPS) is 20.6. The molecular formula is C22H18ClFN4O4S. The number of aromatic nitrogens is 3. The van der Waals surface area contributed by atoms with E-state index in [1.54, 1.807) is 29.1 Å². The lowest BCUT2D eigenvalue weighted by Gasteiger charge is -2.43. The molecule has 2 aliphatic rings. The predicted octanol–water partition coefficient (Wildman–Crippen LogP) is 3.16. The van der Waals surface area contributed by atoms with E-state index in [0.717, 1.165) is 0 Å². The van der Waals surface area contributed by atoms with E-state index in [9.17, 15) is 22.7 Å². The van der Waals surface area contributed by atoms with Crippen molar-refractivity contribution in [3.8, 4) is 5.69 Å². The number of carboxylic acid groups (broad SMARTS) is 1. The van der Waals surface area contributed by atoms with E-state index in [4.69, 9.17) is 11.6 Å². The van der Waals surface area contributed by atoms with Gasteiger partial charge in [-0.25, -0.2) is 22.5 Å². The maximum atomic E-state index is 13.3. The lowest BCUT2D eigenvalue weighted by Crippen LogP contribution is -2.53. The Bertz CT molecular complexity index is 1390. The number of sulfonamides is 1.